The summed E-state index contributed by atoms with van der Waals surface area (Å²) in [6.45, 7) is 2.27. The van der Waals surface area contributed by atoms with E-state index >= 15 is 0 Å². The molecule has 2 aliphatic heterocycles. The van der Waals surface area contributed by atoms with Gasteiger partial charge in [0.2, 0.25) is 12.3 Å². The van der Waals surface area contributed by atoms with E-state index in [1.807, 2.05) is 18.0 Å². The van der Waals surface area contributed by atoms with Crippen LogP contribution in [0.1, 0.15) is 65.7 Å². The molecule has 2 aromatic rings. The number of anilines is 3. The van der Waals surface area contributed by atoms with Gasteiger partial charge in [-0.15, -0.1) is 0 Å². The van der Waals surface area contributed by atoms with Gasteiger partial charge in [-0.1, -0.05) is 0 Å². The molecule has 0 bridgehead atoms. The molecule has 5 rings (SSSR count). The number of ether oxygens (including phenoxy) is 1. The third-order valence-electron chi connectivity index (χ3n) is 6.79. The third-order valence-corrected chi connectivity index (χ3v) is 6.79. The van der Waals surface area contributed by atoms with E-state index in [2.05, 4.69) is 26.3 Å². The molecule has 0 spiro atoms. The second-order valence-electron chi connectivity index (χ2n) is 9.40. The zero-order valence-corrected chi connectivity index (χ0v) is 22.0. The summed E-state index contributed by atoms with van der Waals surface area (Å²) in [5.74, 6) is 1.42. The number of nitrogen functional groups attached to an aromatic ring is 1. The van der Waals surface area contributed by atoms with Gasteiger partial charge in [0.05, 0.1) is 17.4 Å². The monoisotopic (exact) mass is 521 g/mol. The van der Waals surface area contributed by atoms with Gasteiger partial charge in [0.25, 0.3) is 0 Å². The Bertz CT molecular complexity index is 1170. The Morgan fingerprint density at radius 3 is 2.50 bits per heavy atom. The molecule has 1 saturated heterocycles. The number of nitrogens with zero attached hydrogens (tertiary/aromatic N) is 5. The molecule has 2 fully saturated rings. The van der Waals surface area contributed by atoms with Crippen LogP contribution in [0.2, 0.25) is 0 Å². The first-order chi connectivity index (χ1) is 18.4. The average Bonchev–Trinajstić information content (AvgIpc) is 3.28. The number of aldehydes is 1. The van der Waals surface area contributed by atoms with E-state index in [1.54, 1.807) is 7.11 Å². The molecule has 38 heavy (non-hydrogen) atoms. The summed E-state index contributed by atoms with van der Waals surface area (Å²) >= 11 is 0. The van der Waals surface area contributed by atoms with Crippen molar-refractivity contribution in [2.45, 2.75) is 57.6 Å². The van der Waals surface area contributed by atoms with Crippen molar-refractivity contribution in [1.82, 2.24) is 14.9 Å². The summed E-state index contributed by atoms with van der Waals surface area (Å²) < 4.78 is 4.99. The van der Waals surface area contributed by atoms with Gasteiger partial charge in [-0.25, -0.2) is 9.97 Å². The first-order valence-corrected chi connectivity index (χ1v) is 12.8. The van der Waals surface area contributed by atoms with E-state index in [-0.39, 0.29) is 5.91 Å². The Kier molecular flexibility index (Phi) is 10.5. The molecule has 3 aliphatic rings. The minimum Gasteiger partial charge on any atom is -0.398 e. The summed E-state index contributed by atoms with van der Waals surface area (Å²) in [6.07, 6.45) is 10.8. The standard InChI is InChI=1S/C15H19N3O2.C7H6N4O.C5H10O/c1-17-6-2-4-11-8-12(13(10-19)16-15(11)17)9-18-7-3-5-14(18)20;8-2-5-3-10-7(11-4-12)1-6(5)9;1-6-5-3-2-4-5/h8,10H,2-7,9H2,1H3;1,3-4H,(H3,9,10,11,12);5H,2-4H2,1H3. The van der Waals surface area contributed by atoms with Crippen molar-refractivity contribution in [3.05, 3.63) is 40.7 Å². The van der Waals surface area contributed by atoms with Crippen LogP contribution in [0, 0.1) is 11.3 Å². The number of likely N-dealkylation sites (tertiary alicyclic amines) is 1. The number of methoxy groups -OCH3 is 1. The maximum atomic E-state index is 11.7. The van der Waals surface area contributed by atoms with E-state index < -0.39 is 0 Å². The molecule has 2 aromatic heterocycles. The maximum Gasteiger partial charge on any atom is 0.222 e. The molecule has 2 amide bonds. The van der Waals surface area contributed by atoms with Crippen LogP contribution in [0.15, 0.2) is 18.3 Å². The van der Waals surface area contributed by atoms with Gasteiger partial charge in [-0.05, 0) is 50.2 Å². The van der Waals surface area contributed by atoms with Crippen LogP contribution < -0.4 is 16.0 Å². The second-order valence-corrected chi connectivity index (χ2v) is 9.40. The molecule has 0 radical (unpaired) electrons. The smallest absolute Gasteiger partial charge is 0.222 e. The van der Waals surface area contributed by atoms with Crippen LogP contribution >= 0.6 is 0 Å². The highest BCUT2D eigenvalue weighted by Gasteiger charge is 2.24. The SMILES string of the molecule is CN1CCCc2cc(CN3CCCC3=O)c(C=O)nc21.COC1CCC1.N#Cc1cnc(NC=O)cc1N. The highest BCUT2D eigenvalue weighted by molar-refractivity contribution is 5.80. The third kappa shape index (κ3) is 7.49. The highest BCUT2D eigenvalue weighted by Crippen LogP contribution is 2.27. The van der Waals surface area contributed by atoms with Crippen molar-refractivity contribution in [1.29, 1.82) is 5.26 Å². The fourth-order valence-electron chi connectivity index (χ4n) is 4.35. The molecule has 11 heteroatoms. The fraction of sp³-hybridized carbons (Fsp3) is 0.481. The Labute approximate surface area is 223 Å². The molecule has 0 atom stereocenters. The van der Waals surface area contributed by atoms with Crippen molar-refractivity contribution in [2.75, 3.05) is 43.2 Å². The Morgan fingerprint density at radius 1 is 1.21 bits per heavy atom. The van der Waals surface area contributed by atoms with Crippen molar-refractivity contribution >= 4 is 35.9 Å². The number of carbonyl (C=O) groups is 3. The van der Waals surface area contributed by atoms with E-state index in [0.717, 1.165) is 50.0 Å². The minimum atomic E-state index is 0.177. The number of aryl methyl sites for hydroxylation is 1. The zero-order valence-electron chi connectivity index (χ0n) is 22.0. The Hall–Kier alpha value is -4.04. The van der Waals surface area contributed by atoms with E-state index in [1.165, 1.54) is 37.1 Å². The number of nitriles is 1. The molecule has 1 aliphatic carbocycles. The van der Waals surface area contributed by atoms with Crippen molar-refractivity contribution in [3.63, 3.8) is 0 Å². The summed E-state index contributed by atoms with van der Waals surface area (Å²) in [5, 5.41) is 10.8. The molecular formula is C27H35N7O4. The molecule has 4 heterocycles. The zero-order chi connectivity index (χ0) is 27.5. The van der Waals surface area contributed by atoms with E-state index in [4.69, 9.17) is 15.7 Å². The molecule has 11 nitrogen and oxygen atoms in total. The van der Waals surface area contributed by atoms with Gasteiger partial charge >= 0.3 is 0 Å². The number of nitrogens with one attached hydrogen (secondary N) is 1. The van der Waals surface area contributed by atoms with Gasteiger partial charge in [0.15, 0.2) is 6.29 Å². The maximum absolute atomic E-state index is 11.7. The number of fused-ring (bicyclic) bond motifs is 1. The fourth-order valence-corrected chi connectivity index (χ4v) is 4.35. The first-order valence-electron chi connectivity index (χ1n) is 12.8. The molecular weight excluding hydrogens is 486 g/mol. The number of pyridine rings is 2. The normalized spacial score (nSPS) is 16.1. The number of hydrogen-bond donors (Lipinski definition) is 2. The first kappa shape index (κ1) is 28.5. The van der Waals surface area contributed by atoms with E-state index in [9.17, 15) is 14.4 Å². The van der Waals surface area contributed by atoms with Crippen LogP contribution in [0.4, 0.5) is 17.3 Å². The van der Waals surface area contributed by atoms with Gasteiger partial charge in [0.1, 0.15) is 23.4 Å². The molecule has 0 aromatic carbocycles. The largest absolute Gasteiger partial charge is 0.398 e. The minimum absolute atomic E-state index is 0.177. The lowest BCUT2D eigenvalue weighted by Crippen LogP contribution is -2.28. The Balaban J connectivity index is 0.000000187. The summed E-state index contributed by atoms with van der Waals surface area (Å²) in [5.41, 5.74) is 8.58. The number of aromatic nitrogens is 2. The number of nitrogens with two attached hydrogens (primary N) is 1. The van der Waals surface area contributed by atoms with Crippen LogP contribution in [-0.4, -0.2) is 66.8 Å². The summed E-state index contributed by atoms with van der Waals surface area (Å²) in [6, 6.07) is 5.35. The molecule has 0 unspecified atom stereocenters. The van der Waals surface area contributed by atoms with Crippen LogP contribution in [0.5, 0.6) is 0 Å². The Morgan fingerprint density at radius 2 is 1.97 bits per heavy atom. The predicted octanol–water partition coefficient (Wildman–Crippen LogP) is 2.69. The lowest BCUT2D eigenvalue weighted by molar-refractivity contribution is -0.128. The van der Waals surface area contributed by atoms with E-state index in [0.29, 0.717) is 48.2 Å². The van der Waals surface area contributed by atoms with Crippen LogP contribution in [-0.2, 0) is 27.3 Å². The highest BCUT2D eigenvalue weighted by atomic mass is 16.5. The molecule has 1 saturated carbocycles. The number of amides is 2. The predicted molar refractivity (Wildman–Crippen MR) is 144 cm³/mol. The quantitative estimate of drug-likeness (QED) is 0.546. The van der Waals surface area contributed by atoms with Crippen LogP contribution in [0.25, 0.3) is 0 Å². The lowest BCUT2D eigenvalue weighted by atomic mass is 9.96. The molecule has 202 valence electrons. The number of carbonyl (C=O) groups excluding carboxylic acids is 3. The van der Waals surface area contributed by atoms with Crippen molar-refractivity contribution < 1.29 is 19.1 Å². The summed E-state index contributed by atoms with van der Waals surface area (Å²) in [7, 11) is 3.78. The van der Waals surface area contributed by atoms with Gasteiger partial charge in [0, 0.05) is 58.0 Å². The number of hydrogen-bond acceptors (Lipinski definition) is 9. The van der Waals surface area contributed by atoms with Crippen molar-refractivity contribution in [2.24, 2.45) is 0 Å². The van der Waals surface area contributed by atoms with Gasteiger partial charge in [-0.2, -0.15) is 5.26 Å². The van der Waals surface area contributed by atoms with Crippen molar-refractivity contribution in [3.8, 4) is 6.07 Å². The van der Waals surface area contributed by atoms with Gasteiger partial charge < -0.3 is 25.6 Å². The van der Waals surface area contributed by atoms with Gasteiger partial charge in [-0.3, -0.25) is 14.4 Å². The van der Waals surface area contributed by atoms with Crippen LogP contribution in [0.3, 0.4) is 0 Å². The second kappa shape index (κ2) is 14.0. The number of rotatable bonds is 6. The topological polar surface area (TPSA) is 155 Å². The summed E-state index contributed by atoms with van der Waals surface area (Å²) in [4.78, 5) is 45.2. The average molecular weight is 522 g/mol. The molecule has 3 N–H and O–H groups in total. The lowest BCUT2D eigenvalue weighted by Gasteiger charge is -2.27.